The zero-order valence-electron chi connectivity index (χ0n) is 18.9. The molecule has 0 atom stereocenters. The molecule has 6 heteroatoms. The van der Waals surface area contributed by atoms with Crippen molar-refractivity contribution in [2.75, 3.05) is 23.3 Å². The van der Waals surface area contributed by atoms with Crippen LogP contribution in [0.25, 0.3) is 0 Å². The standard InChI is InChI=1S/C27H28ClN3O2/c1-19(2)21-10-8-20(9-11-21)18-30-16-5-17-31(27(30)33)23-14-12-22(13-15-23)29-26(32)24-6-3-4-7-25(24)28/h3-4,6-15,19H,5,16-18H2,1-2H3,(H,29,32). The number of halogens is 1. The maximum Gasteiger partial charge on any atom is 0.324 e. The van der Waals surface area contributed by atoms with E-state index < -0.39 is 0 Å². The minimum absolute atomic E-state index is 0.00189. The number of nitrogens with zero attached hydrogens (tertiary/aromatic N) is 2. The molecule has 3 aromatic rings. The zero-order valence-corrected chi connectivity index (χ0v) is 19.7. The number of benzene rings is 3. The van der Waals surface area contributed by atoms with Crippen LogP contribution in [0, 0.1) is 0 Å². The van der Waals surface area contributed by atoms with E-state index >= 15 is 0 Å². The second-order valence-corrected chi connectivity index (χ2v) is 8.99. The van der Waals surface area contributed by atoms with Gasteiger partial charge in [-0.2, -0.15) is 0 Å². The minimum atomic E-state index is -0.267. The molecule has 1 aliphatic rings. The summed E-state index contributed by atoms with van der Waals surface area (Å²) in [6, 6.07) is 22.8. The van der Waals surface area contributed by atoms with Gasteiger partial charge in [0.25, 0.3) is 5.91 Å². The highest BCUT2D eigenvalue weighted by molar-refractivity contribution is 6.34. The van der Waals surface area contributed by atoms with Crippen LogP contribution < -0.4 is 10.2 Å². The smallest absolute Gasteiger partial charge is 0.322 e. The van der Waals surface area contributed by atoms with Gasteiger partial charge in [0.05, 0.1) is 10.6 Å². The van der Waals surface area contributed by atoms with Crippen LogP contribution in [0.5, 0.6) is 0 Å². The summed E-state index contributed by atoms with van der Waals surface area (Å²) in [7, 11) is 0. The molecule has 33 heavy (non-hydrogen) atoms. The number of hydrogen-bond donors (Lipinski definition) is 1. The van der Waals surface area contributed by atoms with Gasteiger partial charge in [-0.15, -0.1) is 0 Å². The molecular weight excluding hydrogens is 434 g/mol. The largest absolute Gasteiger partial charge is 0.324 e. The quantitative estimate of drug-likeness (QED) is 0.452. The van der Waals surface area contributed by atoms with Crippen molar-refractivity contribution in [2.24, 2.45) is 0 Å². The van der Waals surface area contributed by atoms with Crippen LogP contribution in [0.1, 0.15) is 47.7 Å². The first-order valence-electron chi connectivity index (χ1n) is 11.2. The van der Waals surface area contributed by atoms with Gasteiger partial charge in [0.2, 0.25) is 0 Å². The van der Waals surface area contributed by atoms with Crippen LogP contribution in [-0.2, 0) is 6.54 Å². The first kappa shape index (κ1) is 22.9. The molecule has 0 radical (unpaired) electrons. The third-order valence-corrected chi connectivity index (χ3v) is 6.22. The lowest BCUT2D eigenvalue weighted by atomic mass is 10.0. The lowest BCUT2D eigenvalue weighted by Gasteiger charge is -2.35. The summed E-state index contributed by atoms with van der Waals surface area (Å²) in [6.45, 7) is 6.36. The van der Waals surface area contributed by atoms with Crippen molar-refractivity contribution in [1.29, 1.82) is 0 Å². The summed E-state index contributed by atoms with van der Waals surface area (Å²) >= 11 is 6.11. The Balaban J connectivity index is 1.41. The van der Waals surface area contributed by atoms with E-state index in [1.54, 1.807) is 41.3 Å². The normalized spacial score (nSPS) is 14.0. The Morgan fingerprint density at radius 3 is 2.33 bits per heavy atom. The molecule has 5 nitrogen and oxygen atoms in total. The van der Waals surface area contributed by atoms with Gasteiger partial charge in [-0.3, -0.25) is 9.69 Å². The molecule has 1 fully saturated rings. The summed E-state index contributed by atoms with van der Waals surface area (Å²) in [5.74, 6) is 0.223. The number of carbonyl (C=O) groups is 2. The van der Waals surface area contributed by atoms with E-state index in [4.69, 9.17) is 11.6 Å². The molecule has 1 N–H and O–H groups in total. The van der Waals surface area contributed by atoms with Crippen LogP contribution in [-0.4, -0.2) is 29.9 Å². The van der Waals surface area contributed by atoms with Crippen molar-refractivity contribution in [2.45, 2.75) is 32.7 Å². The van der Waals surface area contributed by atoms with E-state index in [2.05, 4.69) is 43.4 Å². The van der Waals surface area contributed by atoms with Crippen molar-refractivity contribution in [3.05, 3.63) is 94.5 Å². The molecule has 4 rings (SSSR count). The predicted octanol–water partition coefficient (Wildman–Crippen LogP) is 6.55. The summed E-state index contributed by atoms with van der Waals surface area (Å²) in [5, 5.41) is 3.26. The van der Waals surface area contributed by atoms with Crippen molar-refractivity contribution in [3.63, 3.8) is 0 Å². The van der Waals surface area contributed by atoms with Crippen LogP contribution in [0.15, 0.2) is 72.8 Å². The molecule has 0 saturated carbocycles. The van der Waals surface area contributed by atoms with Gasteiger partial charge in [0, 0.05) is 31.0 Å². The number of carbonyl (C=O) groups excluding carboxylic acids is 2. The van der Waals surface area contributed by atoms with Gasteiger partial charge in [0.1, 0.15) is 0 Å². The molecule has 0 aliphatic carbocycles. The van der Waals surface area contributed by atoms with Gasteiger partial charge >= 0.3 is 6.03 Å². The van der Waals surface area contributed by atoms with E-state index in [9.17, 15) is 9.59 Å². The summed E-state index contributed by atoms with van der Waals surface area (Å²) in [4.78, 5) is 29.3. The Labute approximate surface area is 200 Å². The SMILES string of the molecule is CC(C)c1ccc(CN2CCCN(c3ccc(NC(=O)c4ccccc4Cl)cc3)C2=O)cc1. The van der Waals surface area contributed by atoms with Gasteiger partial charge < -0.3 is 10.2 Å². The number of rotatable bonds is 6. The minimum Gasteiger partial charge on any atom is -0.322 e. The Hall–Kier alpha value is -3.31. The highest BCUT2D eigenvalue weighted by atomic mass is 35.5. The average Bonchev–Trinajstić information content (AvgIpc) is 2.82. The third kappa shape index (κ3) is 5.37. The van der Waals surface area contributed by atoms with Crippen LogP contribution in [0.2, 0.25) is 5.02 Å². The molecule has 1 heterocycles. The maximum atomic E-state index is 13.2. The lowest BCUT2D eigenvalue weighted by molar-refractivity contribution is 0.102. The molecule has 0 spiro atoms. The van der Waals surface area contributed by atoms with E-state index in [0.29, 0.717) is 35.3 Å². The molecule has 0 aromatic heterocycles. The Kier molecular flexibility index (Phi) is 6.99. The Bertz CT molecular complexity index is 1130. The molecule has 3 amide bonds. The van der Waals surface area contributed by atoms with Crippen molar-refractivity contribution in [1.82, 2.24) is 4.90 Å². The number of hydrogen-bond acceptors (Lipinski definition) is 2. The first-order valence-corrected chi connectivity index (χ1v) is 11.6. The number of urea groups is 1. The fraction of sp³-hybridized carbons (Fsp3) is 0.259. The fourth-order valence-electron chi connectivity index (χ4n) is 3.96. The van der Waals surface area contributed by atoms with Crippen molar-refractivity contribution >= 4 is 34.9 Å². The van der Waals surface area contributed by atoms with Crippen molar-refractivity contribution in [3.8, 4) is 0 Å². The molecule has 0 bridgehead atoms. The van der Waals surface area contributed by atoms with E-state index in [-0.39, 0.29) is 11.9 Å². The van der Waals surface area contributed by atoms with Crippen LogP contribution in [0.3, 0.4) is 0 Å². The van der Waals surface area contributed by atoms with Gasteiger partial charge in [-0.25, -0.2) is 4.79 Å². The Morgan fingerprint density at radius 1 is 0.970 bits per heavy atom. The lowest BCUT2D eigenvalue weighted by Crippen LogP contribution is -2.49. The number of amides is 3. The van der Waals surface area contributed by atoms with Gasteiger partial charge in [-0.05, 0) is 59.9 Å². The van der Waals surface area contributed by atoms with Crippen LogP contribution >= 0.6 is 11.6 Å². The van der Waals surface area contributed by atoms with Gasteiger partial charge in [0.15, 0.2) is 0 Å². The predicted molar refractivity (Wildman–Crippen MR) is 134 cm³/mol. The fourth-order valence-corrected chi connectivity index (χ4v) is 4.19. The Morgan fingerprint density at radius 2 is 1.67 bits per heavy atom. The molecule has 0 unspecified atom stereocenters. The summed E-state index contributed by atoms with van der Waals surface area (Å²) in [6.07, 6.45) is 0.904. The molecule has 1 aliphatic heterocycles. The van der Waals surface area contributed by atoms with E-state index in [1.807, 2.05) is 17.0 Å². The second-order valence-electron chi connectivity index (χ2n) is 8.59. The number of anilines is 2. The molecular formula is C27H28ClN3O2. The van der Waals surface area contributed by atoms with Crippen molar-refractivity contribution < 1.29 is 9.59 Å². The summed E-state index contributed by atoms with van der Waals surface area (Å²) < 4.78 is 0. The maximum absolute atomic E-state index is 13.2. The highest BCUT2D eigenvalue weighted by Crippen LogP contribution is 2.25. The summed E-state index contributed by atoms with van der Waals surface area (Å²) in [5.41, 5.74) is 4.32. The first-order chi connectivity index (χ1) is 15.9. The number of nitrogens with one attached hydrogen (secondary N) is 1. The topological polar surface area (TPSA) is 52.6 Å². The zero-order chi connectivity index (χ0) is 23.4. The van der Waals surface area contributed by atoms with Crippen LogP contribution in [0.4, 0.5) is 16.2 Å². The third-order valence-electron chi connectivity index (χ3n) is 5.89. The molecule has 3 aromatic carbocycles. The van der Waals surface area contributed by atoms with E-state index in [0.717, 1.165) is 24.2 Å². The monoisotopic (exact) mass is 461 g/mol. The molecule has 1 saturated heterocycles. The molecule has 170 valence electrons. The van der Waals surface area contributed by atoms with Gasteiger partial charge in [-0.1, -0.05) is 61.8 Å². The average molecular weight is 462 g/mol. The second kappa shape index (κ2) is 10.1. The van der Waals surface area contributed by atoms with E-state index in [1.165, 1.54) is 5.56 Å². The highest BCUT2D eigenvalue weighted by Gasteiger charge is 2.26.